The molecule has 36 heteroatoms. The highest BCUT2D eigenvalue weighted by molar-refractivity contribution is 6.01. The first-order valence-corrected chi connectivity index (χ1v) is 37.6. The van der Waals surface area contributed by atoms with Crippen molar-refractivity contribution in [2.45, 2.75) is 253 Å². The van der Waals surface area contributed by atoms with Gasteiger partial charge >= 0.3 is 12.4 Å². The van der Waals surface area contributed by atoms with Gasteiger partial charge in [0, 0.05) is 75.8 Å². The van der Waals surface area contributed by atoms with Crippen molar-refractivity contribution in [2.24, 2.45) is 40.9 Å². The Labute approximate surface area is 628 Å². The predicted octanol–water partition coefficient (Wildman–Crippen LogP) is 6.83. The lowest BCUT2D eigenvalue weighted by Gasteiger charge is -2.54. The Morgan fingerprint density at radius 1 is 0.651 bits per heavy atom. The van der Waals surface area contributed by atoms with Gasteiger partial charge in [0.05, 0.1) is 32.0 Å². The number of carbonyl (C=O) groups excluding carboxylic acids is 12. The summed E-state index contributed by atoms with van der Waals surface area (Å²) in [5, 5.41) is 7.50. The van der Waals surface area contributed by atoms with Crippen molar-refractivity contribution in [3.63, 3.8) is 0 Å². The fraction of sp³-hybridized carbons (Fsp3) is 0.808. The molecule has 12 amide bonds. The van der Waals surface area contributed by atoms with Gasteiger partial charge in [-0.05, 0) is 125 Å². The van der Waals surface area contributed by atoms with Crippen LogP contribution in [0.5, 0.6) is 0 Å². The van der Waals surface area contributed by atoms with Crippen LogP contribution in [-0.2, 0) is 57.5 Å². The third-order valence-corrected chi connectivity index (χ3v) is 23.6. The largest absolute Gasteiger partial charge is 0.397 e. The molecule has 2 saturated heterocycles. The van der Waals surface area contributed by atoms with Gasteiger partial charge < -0.3 is 60.0 Å². The molecule has 7 aliphatic rings. The van der Waals surface area contributed by atoms with Crippen molar-refractivity contribution in [2.75, 3.05) is 82.6 Å². The summed E-state index contributed by atoms with van der Waals surface area (Å²) in [5.74, 6) is -24.8. The molecule has 6 fully saturated rings. The summed E-state index contributed by atoms with van der Waals surface area (Å²) in [6, 6.07) is -14.2. The summed E-state index contributed by atoms with van der Waals surface area (Å²) in [5.41, 5.74) is -2.82. The second-order valence-electron chi connectivity index (χ2n) is 32.5. The maximum absolute atomic E-state index is 16.2. The van der Waals surface area contributed by atoms with Crippen LogP contribution >= 0.6 is 0 Å². The molecule has 4 aliphatic carbocycles. The molecule has 2 bridgehead atoms. The van der Waals surface area contributed by atoms with Crippen LogP contribution in [0.4, 0.5) is 52.7 Å². The highest BCUT2D eigenvalue weighted by Crippen LogP contribution is 2.51. The normalized spacial score (nSPS) is 32.1. The van der Waals surface area contributed by atoms with Gasteiger partial charge in [-0.3, -0.25) is 57.5 Å². The van der Waals surface area contributed by atoms with Gasteiger partial charge in [-0.2, -0.15) is 26.3 Å². The first-order chi connectivity index (χ1) is 50.5. The quantitative estimate of drug-likeness (QED) is 0.142. The Kier molecular flexibility index (Phi) is 29.2. The number of hydrogen-bond donors (Lipinski definition) is 3. The third-order valence-electron chi connectivity index (χ3n) is 23.6. The van der Waals surface area contributed by atoms with Crippen molar-refractivity contribution in [3.05, 3.63) is 12.2 Å². The van der Waals surface area contributed by atoms with Crippen LogP contribution in [-0.4, -0.2) is 288 Å². The molecule has 7 rings (SSSR count). The van der Waals surface area contributed by atoms with Crippen LogP contribution in [0.25, 0.3) is 0 Å². The first kappa shape index (κ1) is 88.8. The summed E-state index contributed by atoms with van der Waals surface area (Å²) < 4.78 is 177. The van der Waals surface area contributed by atoms with E-state index in [0.29, 0.717) is 35.5 Å². The van der Waals surface area contributed by atoms with Gasteiger partial charge in [-0.15, -0.1) is 0 Å². The van der Waals surface area contributed by atoms with Gasteiger partial charge in [0.15, 0.2) is 0 Å². The average Bonchev–Trinajstić information content (AvgIpc) is 1.32. The van der Waals surface area contributed by atoms with Crippen molar-refractivity contribution in [1.29, 1.82) is 0 Å². The van der Waals surface area contributed by atoms with Crippen LogP contribution < -0.4 is 16.0 Å². The Bertz CT molecular complexity index is 3330. The minimum Gasteiger partial charge on any atom is -0.347 e. The van der Waals surface area contributed by atoms with Gasteiger partial charge in [-0.25, -0.2) is 26.3 Å². The maximum Gasteiger partial charge on any atom is 0.397 e. The number of fused-ring (bicyclic) bond motifs is 3. The molecular weight excluding hydrogens is 1460 g/mol. The predicted molar refractivity (Wildman–Crippen MR) is 371 cm³/mol. The molecule has 4 saturated carbocycles. The molecule has 24 nitrogen and oxygen atoms in total. The summed E-state index contributed by atoms with van der Waals surface area (Å²) in [7, 11) is 9.48. The standard InChI is InChI=1S/C73H108F12N12O12/c1-13-40(2)58-66(107)91(8)36-56(100)92(9)48-21-15-14-18-28-96(65(48)106)51(31-41-22-25-44(26-23-41)72(80,81)82)64(105)90(7)35-54(98)86-47(27-24-42-29-45(74)57(46(75)30-42)73(83,84)85)62(103)97-39-71(78,79)34-52(97)61(102)88-70(37-69(3,4)38-70)68(109)95(12)59(43-19-16-17-20-43)67(108)94(11)50(63(104)89(5)6)33-55(99)93(10)49(32-53(76)77)60(101)87-58/h14-15,40-53,57-59H,13,16-39H2,1-12H3,(H,86,98)(H,87,101)(H,88,102)/b15-14-/t40-,41?,42?,44?,45?,46?,47-,48-,49-,50-,51-,52-,57?,58-,59-/m0/s1. The topological polar surface area (TPSA) is 270 Å². The monoisotopic (exact) mass is 1570 g/mol. The number of likely N-dealkylation sites (N-methyl/N-ethyl adjacent to an activating group) is 7. The lowest BCUT2D eigenvalue weighted by Crippen LogP contribution is -2.71. The highest BCUT2D eigenvalue weighted by atomic mass is 19.4. The third kappa shape index (κ3) is 21.4. The first-order valence-electron chi connectivity index (χ1n) is 37.6. The van der Waals surface area contributed by atoms with Crippen LogP contribution in [0.15, 0.2) is 12.2 Å². The molecular formula is C73H108F12N12O12. The summed E-state index contributed by atoms with van der Waals surface area (Å²) in [6.45, 7) is 2.95. The van der Waals surface area contributed by atoms with Crippen LogP contribution in [0.2, 0.25) is 0 Å². The van der Waals surface area contributed by atoms with Crippen LogP contribution in [0, 0.1) is 40.9 Å². The lowest BCUT2D eigenvalue weighted by molar-refractivity contribution is -0.219. The number of alkyl halides is 12. The SMILES string of the molecule is CC[C@H](C)[C@@H]1NC(=O)[C@H](CC(F)F)N(C)C(=O)C[C@@H](C(=O)N(C)C)N(C)C(=O)[C@H](C2CCCC2)N(C)C(=O)C2(CC(C)(C)C2)NC(=O)[C@@H]2CC(F)(F)CN2C(=O)[C@H](CCC2CC(F)C(C(F)(F)F)C(F)C2)NC(=O)CN(C)C(=O)[C@H](CC2CCC(C(F)(F)F)CC2)N2CC/C=C\C[C@@H](C2=O)N(C)C(=O)CN(C)C1=O. The van der Waals surface area contributed by atoms with E-state index in [0.717, 1.165) is 55.4 Å². The zero-order valence-corrected chi connectivity index (χ0v) is 64.1. The number of nitrogens with zero attached hydrogens (tertiary/aromatic N) is 9. The summed E-state index contributed by atoms with van der Waals surface area (Å²) in [6.07, 6.45) is -22.1. The number of hydrogen-bond acceptors (Lipinski definition) is 12. The molecule has 109 heavy (non-hydrogen) atoms. The van der Waals surface area contributed by atoms with Crippen molar-refractivity contribution < 1.29 is 110 Å². The number of carbonyl (C=O) groups is 12. The number of rotatable bonds is 11. The van der Waals surface area contributed by atoms with E-state index < -0.39 is 267 Å². The minimum atomic E-state index is -5.30. The molecule has 3 aliphatic heterocycles. The van der Waals surface area contributed by atoms with Gasteiger partial charge in [0.2, 0.25) is 77.3 Å². The molecule has 3 heterocycles. The lowest BCUT2D eigenvalue weighted by atomic mass is 9.58. The molecule has 2 unspecified atom stereocenters. The molecule has 3 N–H and O–H groups in total. The van der Waals surface area contributed by atoms with Crippen molar-refractivity contribution in [1.82, 2.24) is 60.0 Å². The van der Waals surface area contributed by atoms with E-state index in [4.69, 9.17) is 0 Å². The second kappa shape index (κ2) is 35.9. The average molecular weight is 1570 g/mol. The molecule has 0 aromatic heterocycles. The zero-order valence-electron chi connectivity index (χ0n) is 64.1. The van der Waals surface area contributed by atoms with E-state index in [9.17, 15) is 63.9 Å². The Hall–Kier alpha value is -7.46. The van der Waals surface area contributed by atoms with Crippen molar-refractivity contribution in [3.8, 4) is 0 Å². The fourth-order valence-electron chi connectivity index (χ4n) is 17.3. The van der Waals surface area contributed by atoms with Crippen LogP contribution in [0.1, 0.15) is 163 Å². The molecule has 11 atom stereocenters. The van der Waals surface area contributed by atoms with E-state index in [1.165, 1.54) is 42.2 Å². The summed E-state index contributed by atoms with van der Waals surface area (Å²) >= 11 is 0. The number of halogens is 12. The number of nitrogens with one attached hydrogen (secondary N) is 3. The zero-order chi connectivity index (χ0) is 81.7. The highest BCUT2D eigenvalue weighted by Gasteiger charge is 2.61. The van der Waals surface area contributed by atoms with Crippen molar-refractivity contribution >= 4 is 70.9 Å². The fourth-order valence-corrected chi connectivity index (χ4v) is 17.3. The molecule has 616 valence electrons. The minimum absolute atomic E-state index is 0.0672. The Balaban J connectivity index is 1.34. The van der Waals surface area contributed by atoms with Gasteiger partial charge in [0.25, 0.3) is 5.92 Å². The van der Waals surface area contributed by atoms with E-state index >= 15 is 46.3 Å². The second-order valence-corrected chi connectivity index (χ2v) is 32.5. The smallest absolute Gasteiger partial charge is 0.347 e. The Morgan fingerprint density at radius 2 is 1.25 bits per heavy atom. The molecule has 0 radical (unpaired) electrons. The summed E-state index contributed by atoms with van der Waals surface area (Å²) in [4.78, 5) is 187. The van der Waals surface area contributed by atoms with E-state index in [2.05, 4.69) is 16.0 Å². The van der Waals surface area contributed by atoms with E-state index in [-0.39, 0.29) is 70.8 Å². The van der Waals surface area contributed by atoms with E-state index in [1.54, 1.807) is 32.9 Å². The Morgan fingerprint density at radius 3 is 1.80 bits per heavy atom. The van der Waals surface area contributed by atoms with Crippen LogP contribution in [0.3, 0.4) is 0 Å². The molecule has 0 aromatic rings. The van der Waals surface area contributed by atoms with E-state index in [1.807, 2.05) is 0 Å². The molecule has 1 spiro atoms. The van der Waals surface area contributed by atoms with Gasteiger partial charge in [-0.1, -0.05) is 59.1 Å². The molecule has 0 aromatic carbocycles. The van der Waals surface area contributed by atoms with Gasteiger partial charge in [0.1, 0.15) is 72.1 Å². The maximum atomic E-state index is 16.2. The number of amides is 12.